The number of aliphatic hydroxyl groups is 1. The van der Waals surface area contributed by atoms with E-state index in [1.54, 1.807) is 6.92 Å². The van der Waals surface area contributed by atoms with Crippen LogP contribution >= 0.6 is 0 Å². The lowest BCUT2D eigenvalue weighted by molar-refractivity contribution is -0.155. The van der Waals surface area contributed by atoms with Crippen LogP contribution in [-0.2, 0) is 14.3 Å². The highest BCUT2D eigenvalue weighted by molar-refractivity contribution is 5.73. The Balaban J connectivity index is 4.59. The average Bonchev–Trinajstić information content (AvgIpc) is 2.22. The Morgan fingerprint density at radius 2 is 1.81 bits per heavy atom. The minimum atomic E-state index is -1.19. The zero-order chi connectivity index (χ0) is 12.7. The van der Waals surface area contributed by atoms with Crippen molar-refractivity contribution in [3.05, 3.63) is 0 Å². The normalized spacial score (nSPS) is 16.4. The molecule has 0 radical (unpaired) electrons. The van der Waals surface area contributed by atoms with E-state index in [4.69, 9.17) is 20.1 Å². The van der Waals surface area contributed by atoms with Gasteiger partial charge in [-0.15, -0.1) is 0 Å². The quantitative estimate of drug-likeness (QED) is 0.554. The summed E-state index contributed by atoms with van der Waals surface area (Å²) in [5.74, 6) is -3.54. The summed E-state index contributed by atoms with van der Waals surface area (Å²) >= 11 is 0. The standard InChI is InChI=1S/C10H18O6/c1-3-6(9(12)13)4-7(5-11)8(16-2)10(14)15/h6-8,11H,3-5H2,1-2H3,(H,12,13)(H,14,15). The molecule has 0 spiro atoms. The summed E-state index contributed by atoms with van der Waals surface area (Å²) in [6, 6.07) is 0. The lowest BCUT2D eigenvalue weighted by Gasteiger charge is -2.23. The summed E-state index contributed by atoms with van der Waals surface area (Å²) in [6.45, 7) is 1.30. The van der Waals surface area contributed by atoms with E-state index in [2.05, 4.69) is 0 Å². The van der Waals surface area contributed by atoms with Crippen molar-refractivity contribution in [2.24, 2.45) is 11.8 Å². The molecule has 6 nitrogen and oxygen atoms in total. The van der Waals surface area contributed by atoms with E-state index >= 15 is 0 Å². The highest BCUT2D eigenvalue weighted by Gasteiger charge is 2.31. The maximum atomic E-state index is 10.8. The number of aliphatic carboxylic acids is 2. The van der Waals surface area contributed by atoms with Gasteiger partial charge in [-0.3, -0.25) is 4.79 Å². The molecule has 6 heteroatoms. The molecule has 0 rings (SSSR count). The molecule has 0 aromatic carbocycles. The predicted octanol–water partition coefficient (Wildman–Crippen LogP) is 0.195. The first-order chi connectivity index (χ1) is 7.47. The van der Waals surface area contributed by atoms with E-state index in [1.165, 1.54) is 7.11 Å². The molecule has 0 amide bonds. The Bertz CT molecular complexity index is 239. The molecule has 3 atom stereocenters. The maximum absolute atomic E-state index is 10.8. The van der Waals surface area contributed by atoms with Gasteiger partial charge in [0.15, 0.2) is 6.10 Å². The van der Waals surface area contributed by atoms with Gasteiger partial charge in [0.25, 0.3) is 0 Å². The van der Waals surface area contributed by atoms with Crippen LogP contribution in [0, 0.1) is 11.8 Å². The molecule has 94 valence electrons. The number of ether oxygens (including phenoxy) is 1. The summed E-state index contributed by atoms with van der Waals surface area (Å²) in [4.78, 5) is 21.6. The van der Waals surface area contributed by atoms with Gasteiger partial charge in [0.05, 0.1) is 5.92 Å². The second-order valence-electron chi connectivity index (χ2n) is 3.62. The summed E-state index contributed by atoms with van der Waals surface area (Å²) in [5, 5.41) is 26.7. The van der Waals surface area contributed by atoms with Gasteiger partial charge in [-0.05, 0) is 12.8 Å². The number of aliphatic hydroxyl groups excluding tert-OH is 1. The lowest BCUT2D eigenvalue weighted by atomic mass is 9.89. The fourth-order valence-corrected chi connectivity index (χ4v) is 1.60. The molecule has 3 N–H and O–H groups in total. The largest absolute Gasteiger partial charge is 0.481 e. The van der Waals surface area contributed by atoms with Crippen molar-refractivity contribution < 1.29 is 29.6 Å². The molecule has 0 aliphatic carbocycles. The van der Waals surface area contributed by atoms with Crippen molar-refractivity contribution in [1.82, 2.24) is 0 Å². The minimum Gasteiger partial charge on any atom is -0.481 e. The monoisotopic (exact) mass is 234 g/mol. The van der Waals surface area contributed by atoms with Crippen LogP contribution in [0.25, 0.3) is 0 Å². The summed E-state index contributed by atoms with van der Waals surface area (Å²) in [5.41, 5.74) is 0. The molecule has 0 aromatic heterocycles. The number of carboxylic acids is 2. The molecule has 0 aliphatic heterocycles. The Hall–Kier alpha value is -1.14. The van der Waals surface area contributed by atoms with Crippen molar-refractivity contribution in [1.29, 1.82) is 0 Å². The van der Waals surface area contributed by atoms with Crippen LogP contribution in [0.5, 0.6) is 0 Å². The number of carbonyl (C=O) groups is 2. The van der Waals surface area contributed by atoms with Crippen LogP contribution in [-0.4, -0.2) is 47.1 Å². The third-order valence-corrected chi connectivity index (χ3v) is 2.59. The molecular weight excluding hydrogens is 216 g/mol. The predicted molar refractivity (Wildman–Crippen MR) is 55.0 cm³/mol. The Labute approximate surface area is 93.8 Å². The van der Waals surface area contributed by atoms with Gasteiger partial charge in [-0.2, -0.15) is 0 Å². The zero-order valence-corrected chi connectivity index (χ0v) is 9.42. The third-order valence-electron chi connectivity index (χ3n) is 2.59. The smallest absolute Gasteiger partial charge is 0.333 e. The lowest BCUT2D eigenvalue weighted by Crippen LogP contribution is -2.36. The minimum absolute atomic E-state index is 0.0904. The summed E-state index contributed by atoms with van der Waals surface area (Å²) in [6.07, 6.45) is -0.687. The first kappa shape index (κ1) is 14.9. The molecule has 16 heavy (non-hydrogen) atoms. The van der Waals surface area contributed by atoms with E-state index in [1.807, 2.05) is 0 Å². The SMILES string of the molecule is CCC(CC(CO)C(OC)C(=O)O)C(=O)O. The van der Waals surface area contributed by atoms with Crippen LogP contribution < -0.4 is 0 Å². The van der Waals surface area contributed by atoms with Crippen LogP contribution in [0.3, 0.4) is 0 Å². The number of hydrogen-bond donors (Lipinski definition) is 3. The third kappa shape index (κ3) is 4.16. The molecule has 0 aromatic rings. The van der Waals surface area contributed by atoms with Gasteiger partial charge in [-0.25, -0.2) is 4.79 Å². The van der Waals surface area contributed by atoms with Crippen LogP contribution in [0.1, 0.15) is 19.8 Å². The fourth-order valence-electron chi connectivity index (χ4n) is 1.60. The van der Waals surface area contributed by atoms with Crippen LogP contribution in [0.2, 0.25) is 0 Å². The van der Waals surface area contributed by atoms with E-state index in [-0.39, 0.29) is 6.42 Å². The molecule has 0 saturated heterocycles. The van der Waals surface area contributed by atoms with E-state index in [0.717, 1.165) is 0 Å². The van der Waals surface area contributed by atoms with Gasteiger partial charge in [0, 0.05) is 19.6 Å². The molecule has 0 bridgehead atoms. The number of hydrogen-bond acceptors (Lipinski definition) is 4. The van der Waals surface area contributed by atoms with E-state index < -0.39 is 36.5 Å². The van der Waals surface area contributed by atoms with Gasteiger partial charge in [0.1, 0.15) is 0 Å². The topological polar surface area (TPSA) is 104 Å². The molecular formula is C10H18O6. The van der Waals surface area contributed by atoms with Gasteiger partial charge in [-0.1, -0.05) is 6.92 Å². The first-order valence-corrected chi connectivity index (χ1v) is 5.07. The van der Waals surface area contributed by atoms with Gasteiger partial charge in [0.2, 0.25) is 0 Å². The Morgan fingerprint density at radius 3 is 2.06 bits per heavy atom. The summed E-state index contributed by atoms with van der Waals surface area (Å²) in [7, 11) is 1.23. The van der Waals surface area contributed by atoms with Crippen LogP contribution in [0.4, 0.5) is 0 Å². The molecule has 0 heterocycles. The second kappa shape index (κ2) is 7.19. The molecule has 0 aliphatic rings. The summed E-state index contributed by atoms with van der Waals surface area (Å²) < 4.78 is 4.74. The van der Waals surface area contributed by atoms with Crippen molar-refractivity contribution in [2.75, 3.05) is 13.7 Å². The first-order valence-electron chi connectivity index (χ1n) is 5.07. The number of methoxy groups -OCH3 is 1. The van der Waals surface area contributed by atoms with Crippen molar-refractivity contribution in [3.63, 3.8) is 0 Å². The zero-order valence-electron chi connectivity index (χ0n) is 9.42. The highest BCUT2D eigenvalue weighted by atomic mass is 16.5. The highest BCUT2D eigenvalue weighted by Crippen LogP contribution is 2.20. The van der Waals surface area contributed by atoms with Crippen LogP contribution in [0.15, 0.2) is 0 Å². The second-order valence-corrected chi connectivity index (χ2v) is 3.62. The van der Waals surface area contributed by atoms with Crippen molar-refractivity contribution >= 4 is 11.9 Å². The average molecular weight is 234 g/mol. The van der Waals surface area contributed by atoms with Crippen molar-refractivity contribution in [3.8, 4) is 0 Å². The molecule has 0 saturated carbocycles. The Morgan fingerprint density at radius 1 is 1.25 bits per heavy atom. The number of rotatable bonds is 8. The van der Waals surface area contributed by atoms with Gasteiger partial charge >= 0.3 is 11.9 Å². The maximum Gasteiger partial charge on any atom is 0.333 e. The molecule has 0 fully saturated rings. The van der Waals surface area contributed by atoms with E-state index in [0.29, 0.717) is 6.42 Å². The Kier molecular flexibility index (Phi) is 6.67. The fraction of sp³-hybridized carbons (Fsp3) is 0.800. The van der Waals surface area contributed by atoms with Crippen molar-refractivity contribution in [2.45, 2.75) is 25.9 Å². The van der Waals surface area contributed by atoms with Gasteiger partial charge < -0.3 is 20.1 Å². The number of carboxylic acid groups (broad SMARTS) is 2. The van der Waals surface area contributed by atoms with E-state index in [9.17, 15) is 9.59 Å². The molecule has 3 unspecified atom stereocenters.